The topological polar surface area (TPSA) is 43.4 Å². The highest BCUT2D eigenvalue weighted by Crippen LogP contribution is 2.53. The van der Waals surface area contributed by atoms with Crippen molar-refractivity contribution in [2.24, 2.45) is 0 Å². The fraction of sp³-hybridized carbons (Fsp3) is 0.350. The van der Waals surface area contributed by atoms with E-state index >= 15 is 0 Å². The van der Waals surface area contributed by atoms with Crippen molar-refractivity contribution < 1.29 is 13.9 Å². The summed E-state index contributed by atoms with van der Waals surface area (Å²) in [6.45, 7) is 7.73. The molecular formula is C20H25O3P. The van der Waals surface area contributed by atoms with Gasteiger partial charge in [-0.25, -0.2) is 0 Å². The van der Waals surface area contributed by atoms with Gasteiger partial charge in [-0.15, -0.1) is 0 Å². The molecule has 0 saturated heterocycles. The summed E-state index contributed by atoms with van der Waals surface area (Å²) in [4.78, 5) is 13.0. The van der Waals surface area contributed by atoms with Gasteiger partial charge in [0, 0.05) is 18.8 Å². The van der Waals surface area contributed by atoms with Crippen molar-refractivity contribution in [3.05, 3.63) is 70.3 Å². The third-order valence-corrected chi connectivity index (χ3v) is 6.84. The van der Waals surface area contributed by atoms with Gasteiger partial charge in [0.2, 0.25) is 5.52 Å². The minimum atomic E-state index is -3.44. The molecule has 0 heterocycles. The van der Waals surface area contributed by atoms with E-state index in [1.54, 1.807) is 0 Å². The smallest absolute Gasteiger partial charge is 0.271 e. The number of carbonyl (C=O) groups excluding carboxylic acids is 1. The summed E-state index contributed by atoms with van der Waals surface area (Å²) in [5.74, 6) is -0.0213. The average molecular weight is 344 g/mol. The summed E-state index contributed by atoms with van der Waals surface area (Å²) in [6, 6.07) is 13.7. The quantitative estimate of drug-likeness (QED) is 0.652. The van der Waals surface area contributed by atoms with E-state index in [0.717, 1.165) is 22.3 Å². The Hall–Kier alpha value is -1.70. The SMILES string of the molecule is COP(=O)(CC(C)c1ccccc1)C(=O)c1c(C)cc(C)cc1C. The van der Waals surface area contributed by atoms with Crippen molar-refractivity contribution in [1.29, 1.82) is 0 Å². The fourth-order valence-corrected chi connectivity index (χ4v) is 5.28. The van der Waals surface area contributed by atoms with Crippen molar-refractivity contribution in [1.82, 2.24) is 0 Å². The Kier molecular flexibility index (Phi) is 5.79. The maximum atomic E-state index is 13.3. The molecule has 2 atom stereocenters. The maximum absolute atomic E-state index is 13.3. The highest BCUT2D eigenvalue weighted by molar-refractivity contribution is 7.77. The Bertz CT molecular complexity index is 758. The van der Waals surface area contributed by atoms with Gasteiger partial charge in [0.05, 0.1) is 0 Å². The van der Waals surface area contributed by atoms with Crippen LogP contribution < -0.4 is 0 Å². The van der Waals surface area contributed by atoms with Crippen LogP contribution in [-0.2, 0) is 9.09 Å². The van der Waals surface area contributed by atoms with E-state index in [-0.39, 0.29) is 17.6 Å². The standard InChI is InChI=1S/C20H25O3P/c1-14-11-15(2)19(16(3)12-14)20(21)24(22,23-5)13-17(4)18-9-7-6-8-10-18/h6-12,17H,13H2,1-5H3. The van der Waals surface area contributed by atoms with Crippen molar-refractivity contribution in [2.45, 2.75) is 33.6 Å². The van der Waals surface area contributed by atoms with E-state index in [2.05, 4.69) is 0 Å². The normalized spacial score (nSPS) is 14.9. The molecular weight excluding hydrogens is 319 g/mol. The first kappa shape index (κ1) is 18.6. The lowest BCUT2D eigenvalue weighted by atomic mass is 10.0. The Morgan fingerprint density at radius 1 is 1.08 bits per heavy atom. The summed E-state index contributed by atoms with van der Waals surface area (Å²) in [6.07, 6.45) is 0.207. The zero-order valence-corrected chi connectivity index (χ0v) is 15.9. The molecule has 3 nitrogen and oxygen atoms in total. The van der Waals surface area contributed by atoms with Crippen LogP contribution in [0.2, 0.25) is 0 Å². The summed E-state index contributed by atoms with van der Waals surface area (Å²) in [5.41, 5.74) is 4.00. The molecule has 0 aliphatic carbocycles. The van der Waals surface area contributed by atoms with Crippen LogP contribution in [0.5, 0.6) is 0 Å². The zero-order valence-electron chi connectivity index (χ0n) is 15.0. The molecule has 0 spiro atoms. The first-order valence-electron chi connectivity index (χ1n) is 8.11. The van der Waals surface area contributed by atoms with Crippen LogP contribution in [-0.4, -0.2) is 18.8 Å². The van der Waals surface area contributed by atoms with Crippen LogP contribution in [0.3, 0.4) is 0 Å². The second-order valence-electron chi connectivity index (χ2n) is 6.43. The Morgan fingerprint density at radius 2 is 1.62 bits per heavy atom. The van der Waals surface area contributed by atoms with Crippen LogP contribution in [0.15, 0.2) is 42.5 Å². The predicted octanol–water partition coefficient (Wildman–Crippen LogP) is 5.48. The Labute approximate surface area is 144 Å². The molecule has 2 rings (SSSR count). The molecule has 0 radical (unpaired) electrons. The zero-order chi connectivity index (χ0) is 17.9. The molecule has 0 aromatic heterocycles. The lowest BCUT2D eigenvalue weighted by molar-refractivity contribution is 0.105. The summed E-state index contributed by atoms with van der Waals surface area (Å²) >= 11 is 0. The third-order valence-electron chi connectivity index (χ3n) is 4.38. The van der Waals surface area contributed by atoms with Crippen LogP contribution >= 0.6 is 7.37 Å². The summed E-state index contributed by atoms with van der Waals surface area (Å²) in [5, 5.41) is 0. The van der Waals surface area contributed by atoms with Gasteiger partial charge in [-0.1, -0.05) is 55.0 Å². The minimum absolute atomic E-state index is 0.0213. The minimum Gasteiger partial charge on any atom is -0.326 e. The van der Waals surface area contributed by atoms with Gasteiger partial charge in [0.15, 0.2) is 0 Å². The number of hydrogen-bond donors (Lipinski definition) is 0. The van der Waals surface area contributed by atoms with E-state index in [1.165, 1.54) is 7.11 Å². The van der Waals surface area contributed by atoms with Crippen molar-refractivity contribution >= 4 is 12.9 Å². The lowest BCUT2D eigenvalue weighted by Crippen LogP contribution is -2.13. The van der Waals surface area contributed by atoms with E-state index in [4.69, 9.17) is 4.52 Å². The number of aryl methyl sites for hydroxylation is 3. The first-order valence-corrected chi connectivity index (χ1v) is 9.92. The highest BCUT2D eigenvalue weighted by atomic mass is 31.2. The molecule has 0 bridgehead atoms. The van der Waals surface area contributed by atoms with Crippen LogP contribution in [0, 0.1) is 20.8 Å². The highest BCUT2D eigenvalue weighted by Gasteiger charge is 2.36. The van der Waals surface area contributed by atoms with Crippen LogP contribution in [0.25, 0.3) is 0 Å². The lowest BCUT2D eigenvalue weighted by Gasteiger charge is -2.21. The van der Waals surface area contributed by atoms with Gasteiger partial charge in [-0.05, 0) is 43.4 Å². The van der Waals surface area contributed by atoms with Crippen LogP contribution in [0.4, 0.5) is 0 Å². The van der Waals surface area contributed by atoms with Crippen molar-refractivity contribution in [3.63, 3.8) is 0 Å². The molecule has 4 heteroatoms. The summed E-state index contributed by atoms with van der Waals surface area (Å²) < 4.78 is 18.6. The van der Waals surface area contributed by atoms with E-state index in [0.29, 0.717) is 5.56 Å². The first-order chi connectivity index (χ1) is 11.3. The molecule has 2 aromatic rings. The number of carbonyl (C=O) groups is 1. The molecule has 0 fully saturated rings. The fourth-order valence-electron chi connectivity index (χ4n) is 3.18. The summed E-state index contributed by atoms with van der Waals surface area (Å²) in [7, 11) is -2.07. The van der Waals surface area contributed by atoms with E-state index in [1.807, 2.05) is 70.2 Å². The maximum Gasteiger partial charge on any atom is 0.271 e. The van der Waals surface area contributed by atoms with E-state index < -0.39 is 7.37 Å². The molecule has 24 heavy (non-hydrogen) atoms. The molecule has 0 aliphatic rings. The second-order valence-corrected chi connectivity index (χ2v) is 8.91. The van der Waals surface area contributed by atoms with Gasteiger partial charge < -0.3 is 4.52 Å². The van der Waals surface area contributed by atoms with Crippen molar-refractivity contribution in [3.8, 4) is 0 Å². The third kappa shape index (κ3) is 3.85. The van der Waals surface area contributed by atoms with Gasteiger partial charge >= 0.3 is 0 Å². The number of hydrogen-bond acceptors (Lipinski definition) is 3. The largest absolute Gasteiger partial charge is 0.326 e. The molecule has 2 aromatic carbocycles. The Balaban J connectivity index is 2.36. The molecule has 0 N–H and O–H groups in total. The molecule has 0 aliphatic heterocycles. The van der Waals surface area contributed by atoms with Crippen LogP contribution in [0.1, 0.15) is 45.5 Å². The number of rotatable bonds is 6. The second kappa shape index (κ2) is 7.46. The molecule has 0 saturated carbocycles. The molecule has 2 unspecified atom stereocenters. The Morgan fingerprint density at radius 3 is 2.12 bits per heavy atom. The van der Waals surface area contributed by atoms with Gasteiger partial charge in [0.25, 0.3) is 7.37 Å². The monoisotopic (exact) mass is 344 g/mol. The average Bonchev–Trinajstić information content (AvgIpc) is 2.54. The van der Waals surface area contributed by atoms with E-state index in [9.17, 15) is 9.36 Å². The van der Waals surface area contributed by atoms with Gasteiger partial charge in [-0.3, -0.25) is 9.36 Å². The van der Waals surface area contributed by atoms with Gasteiger partial charge in [-0.2, -0.15) is 0 Å². The van der Waals surface area contributed by atoms with Crippen molar-refractivity contribution in [2.75, 3.05) is 13.3 Å². The molecule has 0 amide bonds. The number of benzene rings is 2. The van der Waals surface area contributed by atoms with Gasteiger partial charge in [0.1, 0.15) is 0 Å². The predicted molar refractivity (Wildman–Crippen MR) is 99.3 cm³/mol. The molecule has 128 valence electrons.